The van der Waals surface area contributed by atoms with Gasteiger partial charge in [0.05, 0.1) is 0 Å². The molecule has 25 heavy (non-hydrogen) atoms. The fourth-order valence-corrected chi connectivity index (χ4v) is 3.60. The van der Waals surface area contributed by atoms with Crippen LogP contribution in [-0.4, -0.2) is 5.78 Å². The zero-order chi connectivity index (χ0) is 18.4. The Bertz CT molecular complexity index is 862. The Morgan fingerprint density at radius 3 is 2.40 bits per heavy atom. The molecule has 0 amide bonds. The number of Topliss-reactive ketones (excluding diaryl/α,β-unsaturated/α-hetero) is 1. The van der Waals surface area contributed by atoms with E-state index >= 15 is 0 Å². The first kappa shape index (κ1) is 17.3. The smallest absolute Gasteiger partial charge is 0.294 e. The number of carbonyl (C=O) groups excluding carboxylic acids is 1. The Kier molecular flexibility index (Phi) is 4.00. The average molecular weight is 338 g/mol. The molecule has 0 radical (unpaired) electrons. The van der Waals surface area contributed by atoms with Crippen molar-refractivity contribution in [2.24, 2.45) is 10.9 Å². The predicted molar refractivity (Wildman–Crippen MR) is 96.6 cm³/mol. The summed E-state index contributed by atoms with van der Waals surface area (Å²) in [5.74, 6) is 0.422. The fraction of sp³-hybridized carbons (Fsp3) is 0.350. The van der Waals surface area contributed by atoms with Gasteiger partial charge in [-0.05, 0) is 22.7 Å². The summed E-state index contributed by atoms with van der Waals surface area (Å²) in [5, 5.41) is 3.22. The zero-order valence-electron chi connectivity index (χ0n) is 14.9. The number of nitrogens with zero attached hydrogens (tertiary/aromatic N) is 1. The molecule has 2 atom stereocenters. The van der Waals surface area contributed by atoms with Crippen LogP contribution in [0.2, 0.25) is 0 Å². The largest absolute Gasteiger partial charge is 0.455 e. The van der Waals surface area contributed by atoms with Crippen LogP contribution in [0.15, 0.2) is 47.6 Å². The minimum atomic E-state index is -1.72. The van der Waals surface area contributed by atoms with E-state index in [0.29, 0.717) is 28.4 Å². The van der Waals surface area contributed by atoms with Crippen molar-refractivity contribution in [3.63, 3.8) is 0 Å². The summed E-state index contributed by atoms with van der Waals surface area (Å²) in [4.78, 5) is 24.7. The molecule has 2 N–H and O–H groups in total. The van der Waals surface area contributed by atoms with Crippen molar-refractivity contribution in [1.29, 1.82) is 0 Å². The molecule has 4 rings (SSSR count). The molecule has 130 valence electrons. The number of ether oxygens (including phenoxy) is 1. The number of hydrogen-bond acceptors (Lipinski definition) is 5. The number of nitroso groups, excluding NO2 is 1. The van der Waals surface area contributed by atoms with Crippen LogP contribution in [0, 0.1) is 4.91 Å². The van der Waals surface area contributed by atoms with Gasteiger partial charge >= 0.3 is 0 Å². The quantitative estimate of drug-likeness (QED) is 0.832. The third-order valence-electron chi connectivity index (χ3n) is 4.91. The van der Waals surface area contributed by atoms with Crippen molar-refractivity contribution >= 4 is 5.78 Å². The first-order valence-corrected chi connectivity index (χ1v) is 8.57. The van der Waals surface area contributed by atoms with Crippen molar-refractivity contribution in [1.82, 2.24) is 0 Å². The minimum absolute atomic E-state index is 0.293. The zero-order valence-corrected chi connectivity index (χ0v) is 14.9. The highest BCUT2D eigenvalue weighted by Gasteiger charge is 2.71. The highest BCUT2D eigenvalue weighted by Crippen LogP contribution is 2.58. The number of fused-ring (bicyclic) bond motifs is 5. The van der Waals surface area contributed by atoms with Gasteiger partial charge in [-0.25, -0.2) is 0 Å². The molecule has 2 aromatic carbocycles. The molecule has 0 aromatic heterocycles. The van der Waals surface area contributed by atoms with Crippen LogP contribution in [0.5, 0.6) is 5.75 Å². The van der Waals surface area contributed by atoms with Crippen LogP contribution in [0.1, 0.15) is 60.7 Å². The lowest BCUT2D eigenvalue weighted by molar-refractivity contribution is 0.0328. The molecule has 1 aliphatic heterocycles. The molecular formula is C20H22N2O3. The Morgan fingerprint density at radius 2 is 1.76 bits per heavy atom. The fourth-order valence-electron chi connectivity index (χ4n) is 3.60. The highest BCUT2D eigenvalue weighted by molar-refractivity contribution is 6.10. The average Bonchev–Trinajstić information content (AvgIpc) is 3.01. The summed E-state index contributed by atoms with van der Waals surface area (Å²) in [6.45, 7) is 8.12. The Hall–Kier alpha value is -2.53. The van der Waals surface area contributed by atoms with Crippen LogP contribution in [0.25, 0.3) is 0 Å². The van der Waals surface area contributed by atoms with Crippen molar-refractivity contribution in [2.45, 2.75) is 44.9 Å². The molecular weight excluding hydrogens is 316 g/mol. The van der Waals surface area contributed by atoms with Crippen LogP contribution >= 0.6 is 0 Å². The monoisotopic (exact) mass is 338 g/mol. The Morgan fingerprint density at radius 1 is 1.08 bits per heavy atom. The lowest BCUT2D eigenvalue weighted by Gasteiger charge is -2.28. The van der Waals surface area contributed by atoms with Gasteiger partial charge in [0.25, 0.3) is 5.72 Å². The van der Waals surface area contributed by atoms with E-state index in [-0.39, 0.29) is 5.78 Å². The van der Waals surface area contributed by atoms with Gasteiger partial charge in [0.1, 0.15) is 5.75 Å². The molecule has 2 unspecified atom stereocenters. The number of hydrogen-bond donors (Lipinski definition) is 1. The van der Waals surface area contributed by atoms with E-state index in [1.165, 1.54) is 0 Å². The van der Waals surface area contributed by atoms with E-state index in [9.17, 15) is 9.70 Å². The van der Waals surface area contributed by atoms with Crippen molar-refractivity contribution in [3.8, 4) is 5.75 Å². The van der Waals surface area contributed by atoms with Gasteiger partial charge in [0, 0.05) is 16.7 Å². The van der Waals surface area contributed by atoms with E-state index in [1.807, 2.05) is 26.0 Å². The van der Waals surface area contributed by atoms with E-state index in [0.717, 1.165) is 5.56 Å². The van der Waals surface area contributed by atoms with Crippen molar-refractivity contribution in [3.05, 3.63) is 69.6 Å². The van der Waals surface area contributed by atoms with Gasteiger partial charge in [-0.3, -0.25) is 4.79 Å². The van der Waals surface area contributed by atoms with Crippen LogP contribution in [0.3, 0.4) is 0 Å². The van der Waals surface area contributed by atoms with Gasteiger partial charge in [0.15, 0.2) is 11.3 Å². The molecule has 5 heteroatoms. The number of ketones is 1. The second kappa shape index (κ2) is 5.77. The normalized spacial score (nSPS) is 25.4. The van der Waals surface area contributed by atoms with Crippen LogP contribution in [0.4, 0.5) is 0 Å². The molecule has 0 saturated heterocycles. The van der Waals surface area contributed by atoms with Gasteiger partial charge in [-0.1, -0.05) is 64.1 Å². The van der Waals surface area contributed by atoms with Gasteiger partial charge in [-0.2, -0.15) is 0 Å². The summed E-state index contributed by atoms with van der Waals surface area (Å²) in [6, 6.07) is 12.4. The van der Waals surface area contributed by atoms with Gasteiger partial charge in [0.2, 0.25) is 0 Å². The summed E-state index contributed by atoms with van der Waals surface area (Å²) < 4.78 is 5.93. The summed E-state index contributed by atoms with van der Waals surface area (Å²) in [7, 11) is 0. The van der Waals surface area contributed by atoms with E-state index in [2.05, 4.69) is 19.0 Å². The third kappa shape index (κ3) is 1.96. The van der Waals surface area contributed by atoms with Crippen LogP contribution < -0.4 is 10.5 Å². The molecule has 1 aliphatic carbocycles. The van der Waals surface area contributed by atoms with Crippen LogP contribution in [-0.2, 0) is 11.3 Å². The number of benzene rings is 2. The highest BCUT2D eigenvalue weighted by atomic mass is 16.5. The first-order valence-electron chi connectivity index (χ1n) is 8.57. The second-order valence-corrected chi connectivity index (χ2v) is 6.43. The summed E-state index contributed by atoms with van der Waals surface area (Å²) in [6.07, 6.45) is 0. The molecule has 0 saturated carbocycles. The lowest BCUT2D eigenvalue weighted by atomic mass is 9.82. The maximum atomic E-state index is 12.9. The first-order chi connectivity index (χ1) is 12.0. The molecule has 0 spiro atoms. The third-order valence-corrected chi connectivity index (χ3v) is 4.91. The summed E-state index contributed by atoms with van der Waals surface area (Å²) in [5.41, 5.74) is 5.54. The minimum Gasteiger partial charge on any atom is -0.455 e. The molecule has 1 heterocycles. The van der Waals surface area contributed by atoms with E-state index in [4.69, 9.17) is 10.5 Å². The molecule has 2 aliphatic rings. The number of carbonyl (C=O) groups is 1. The van der Waals surface area contributed by atoms with Crippen molar-refractivity contribution in [2.75, 3.05) is 0 Å². The topological polar surface area (TPSA) is 81.8 Å². The van der Waals surface area contributed by atoms with Gasteiger partial charge < -0.3 is 10.5 Å². The summed E-state index contributed by atoms with van der Waals surface area (Å²) >= 11 is 0. The lowest BCUT2D eigenvalue weighted by Crippen LogP contribution is -2.54. The van der Waals surface area contributed by atoms with Gasteiger partial charge in [-0.15, -0.1) is 4.91 Å². The predicted octanol–water partition coefficient (Wildman–Crippen LogP) is 4.20. The molecule has 0 bridgehead atoms. The second-order valence-electron chi connectivity index (χ2n) is 6.43. The number of nitrogens with two attached hydrogens (primary N) is 1. The number of rotatable bonds is 2. The maximum Gasteiger partial charge on any atom is 0.294 e. The van der Waals surface area contributed by atoms with Crippen molar-refractivity contribution < 1.29 is 9.53 Å². The standard InChI is InChI=1S/C18H16N2O3.C2H6/c1-10(2)11-7-8-14-15(9-11)23-18(20-22)13-6-4-3-5-12(13)16(21)17(14,18)19;1-2/h3-10H,19H2,1-2H3;1-2H3. The Labute approximate surface area is 147 Å². The maximum absolute atomic E-state index is 12.9. The molecule has 2 aromatic rings. The SMILES string of the molecule is CC.CC(C)c1ccc2c(c1)OC1(N=O)c3ccccc3C(=O)C21N. The Balaban J connectivity index is 0.000000880. The van der Waals surface area contributed by atoms with E-state index in [1.54, 1.807) is 30.3 Å². The molecule has 0 fully saturated rings. The molecule has 5 nitrogen and oxygen atoms in total. The van der Waals surface area contributed by atoms with E-state index < -0.39 is 11.3 Å².